The molecular formula is C16H28N4. The van der Waals surface area contributed by atoms with Crippen LogP contribution in [0.4, 0.5) is 17.1 Å². The Labute approximate surface area is 122 Å². The second-order valence-electron chi connectivity index (χ2n) is 6.20. The topological polar surface area (TPSA) is 53.3 Å². The second-order valence-corrected chi connectivity index (χ2v) is 6.20. The van der Waals surface area contributed by atoms with Crippen LogP contribution in [0.15, 0.2) is 12.1 Å². The van der Waals surface area contributed by atoms with Gasteiger partial charge in [-0.25, -0.2) is 0 Å². The molecule has 0 aromatic heterocycles. The SMILES string of the molecule is CNCc1c(NC(C)C)ccc(N)c1N1CC[C@H](C)C1. The first-order valence-corrected chi connectivity index (χ1v) is 7.60. The fourth-order valence-electron chi connectivity index (χ4n) is 2.97. The van der Waals surface area contributed by atoms with Crippen LogP contribution in [0.5, 0.6) is 0 Å². The predicted molar refractivity (Wildman–Crippen MR) is 88.4 cm³/mol. The van der Waals surface area contributed by atoms with Gasteiger partial charge in [-0.05, 0) is 45.4 Å². The van der Waals surface area contributed by atoms with Crippen LogP contribution in [0.3, 0.4) is 0 Å². The first-order chi connectivity index (χ1) is 9.52. The van der Waals surface area contributed by atoms with Gasteiger partial charge in [-0.15, -0.1) is 0 Å². The molecule has 1 aliphatic heterocycles. The summed E-state index contributed by atoms with van der Waals surface area (Å²) in [5.41, 5.74) is 10.9. The molecule has 0 unspecified atom stereocenters. The van der Waals surface area contributed by atoms with Crippen LogP contribution in [0.2, 0.25) is 0 Å². The smallest absolute Gasteiger partial charge is 0.0666 e. The summed E-state index contributed by atoms with van der Waals surface area (Å²) in [7, 11) is 1.98. The lowest BCUT2D eigenvalue weighted by Crippen LogP contribution is -2.24. The molecule has 0 amide bonds. The van der Waals surface area contributed by atoms with Crippen molar-refractivity contribution in [2.24, 2.45) is 5.92 Å². The van der Waals surface area contributed by atoms with E-state index < -0.39 is 0 Å². The molecular weight excluding hydrogens is 248 g/mol. The lowest BCUT2D eigenvalue weighted by molar-refractivity contribution is 0.659. The summed E-state index contributed by atoms with van der Waals surface area (Å²) >= 11 is 0. The number of nitrogens with one attached hydrogen (secondary N) is 2. The maximum atomic E-state index is 6.28. The van der Waals surface area contributed by atoms with Crippen molar-refractivity contribution in [1.82, 2.24) is 5.32 Å². The van der Waals surface area contributed by atoms with Gasteiger partial charge in [0.1, 0.15) is 0 Å². The van der Waals surface area contributed by atoms with Gasteiger partial charge >= 0.3 is 0 Å². The summed E-state index contributed by atoms with van der Waals surface area (Å²) in [5, 5.41) is 6.82. The molecule has 1 fully saturated rings. The van der Waals surface area contributed by atoms with Crippen LogP contribution in [0.1, 0.15) is 32.8 Å². The molecule has 1 atom stereocenters. The summed E-state index contributed by atoms with van der Waals surface area (Å²) in [4.78, 5) is 2.44. The van der Waals surface area contributed by atoms with Crippen molar-refractivity contribution in [1.29, 1.82) is 0 Å². The van der Waals surface area contributed by atoms with Gasteiger partial charge in [0.15, 0.2) is 0 Å². The molecule has 0 radical (unpaired) electrons. The Bertz CT molecular complexity index is 456. The maximum Gasteiger partial charge on any atom is 0.0666 e. The van der Waals surface area contributed by atoms with Gasteiger partial charge in [0.05, 0.1) is 11.4 Å². The van der Waals surface area contributed by atoms with Gasteiger partial charge in [-0.2, -0.15) is 0 Å². The predicted octanol–water partition coefficient (Wildman–Crippen LogP) is 2.65. The summed E-state index contributed by atoms with van der Waals surface area (Å²) in [5.74, 6) is 0.749. The van der Waals surface area contributed by atoms with Crippen LogP contribution in [-0.4, -0.2) is 26.2 Å². The second kappa shape index (κ2) is 6.35. The summed E-state index contributed by atoms with van der Waals surface area (Å²) in [6, 6.07) is 4.55. The fourth-order valence-corrected chi connectivity index (χ4v) is 2.97. The Hall–Kier alpha value is -1.42. The molecule has 112 valence electrons. The first kappa shape index (κ1) is 15.0. The summed E-state index contributed by atoms with van der Waals surface area (Å²) < 4.78 is 0. The van der Waals surface area contributed by atoms with Crippen molar-refractivity contribution in [3.05, 3.63) is 17.7 Å². The van der Waals surface area contributed by atoms with Crippen LogP contribution >= 0.6 is 0 Å². The zero-order chi connectivity index (χ0) is 14.7. The molecule has 2 rings (SSSR count). The highest BCUT2D eigenvalue weighted by Gasteiger charge is 2.24. The molecule has 20 heavy (non-hydrogen) atoms. The number of nitrogens with two attached hydrogens (primary N) is 1. The van der Waals surface area contributed by atoms with Crippen molar-refractivity contribution in [3.63, 3.8) is 0 Å². The maximum absolute atomic E-state index is 6.28. The molecule has 1 saturated heterocycles. The number of rotatable bonds is 5. The van der Waals surface area contributed by atoms with Crippen LogP contribution < -0.4 is 21.3 Å². The molecule has 1 heterocycles. The Kier molecular flexibility index (Phi) is 4.76. The minimum atomic E-state index is 0.416. The largest absolute Gasteiger partial charge is 0.397 e. The average Bonchev–Trinajstić information content (AvgIpc) is 2.79. The number of hydrogen-bond donors (Lipinski definition) is 3. The van der Waals surface area contributed by atoms with Crippen LogP contribution in [0, 0.1) is 5.92 Å². The number of nitrogens with zero attached hydrogens (tertiary/aromatic N) is 1. The van der Waals surface area contributed by atoms with Gasteiger partial charge in [0.2, 0.25) is 0 Å². The average molecular weight is 276 g/mol. The Balaban J connectivity index is 2.41. The van der Waals surface area contributed by atoms with Gasteiger partial charge in [-0.1, -0.05) is 6.92 Å². The Morgan fingerprint density at radius 2 is 2.15 bits per heavy atom. The molecule has 0 bridgehead atoms. The van der Waals surface area contributed by atoms with E-state index in [-0.39, 0.29) is 0 Å². The van der Waals surface area contributed by atoms with Crippen molar-refractivity contribution in [3.8, 4) is 0 Å². The molecule has 0 aliphatic carbocycles. The molecule has 4 heteroatoms. The molecule has 4 N–H and O–H groups in total. The van der Waals surface area contributed by atoms with E-state index in [9.17, 15) is 0 Å². The van der Waals surface area contributed by atoms with E-state index in [1.165, 1.54) is 23.4 Å². The normalized spacial score (nSPS) is 18.9. The lowest BCUT2D eigenvalue weighted by Gasteiger charge is -2.27. The zero-order valence-electron chi connectivity index (χ0n) is 13.2. The van der Waals surface area contributed by atoms with E-state index in [1.807, 2.05) is 13.1 Å². The zero-order valence-corrected chi connectivity index (χ0v) is 13.2. The van der Waals surface area contributed by atoms with E-state index in [1.54, 1.807) is 0 Å². The molecule has 1 aromatic carbocycles. The van der Waals surface area contributed by atoms with Crippen molar-refractivity contribution in [2.75, 3.05) is 36.1 Å². The van der Waals surface area contributed by atoms with Crippen LogP contribution in [0.25, 0.3) is 0 Å². The lowest BCUT2D eigenvalue weighted by atomic mass is 10.1. The standard InChI is InChI=1S/C16H28N4/c1-11(2)19-15-6-5-14(17)16(13(15)9-18-4)20-8-7-12(3)10-20/h5-6,11-12,18-19H,7-10,17H2,1-4H3/t12-/m0/s1. The highest BCUT2D eigenvalue weighted by molar-refractivity contribution is 5.79. The molecule has 0 spiro atoms. The number of benzene rings is 1. The third kappa shape index (κ3) is 3.18. The van der Waals surface area contributed by atoms with E-state index in [4.69, 9.17) is 5.73 Å². The fraction of sp³-hybridized carbons (Fsp3) is 0.625. The minimum Gasteiger partial charge on any atom is -0.397 e. The van der Waals surface area contributed by atoms with Gasteiger partial charge in [-0.3, -0.25) is 0 Å². The molecule has 4 nitrogen and oxygen atoms in total. The van der Waals surface area contributed by atoms with Gasteiger partial charge in [0.25, 0.3) is 0 Å². The Morgan fingerprint density at radius 1 is 1.40 bits per heavy atom. The number of hydrogen-bond acceptors (Lipinski definition) is 4. The highest BCUT2D eigenvalue weighted by Crippen LogP contribution is 2.36. The van der Waals surface area contributed by atoms with Crippen molar-refractivity contribution >= 4 is 17.1 Å². The third-order valence-electron chi connectivity index (χ3n) is 3.85. The Morgan fingerprint density at radius 3 is 2.70 bits per heavy atom. The molecule has 0 saturated carbocycles. The van der Waals surface area contributed by atoms with E-state index in [2.05, 4.69) is 42.4 Å². The van der Waals surface area contributed by atoms with E-state index in [0.29, 0.717) is 6.04 Å². The number of anilines is 3. The summed E-state index contributed by atoms with van der Waals surface area (Å²) in [6.45, 7) is 9.68. The van der Waals surface area contributed by atoms with Gasteiger partial charge < -0.3 is 21.3 Å². The minimum absolute atomic E-state index is 0.416. The van der Waals surface area contributed by atoms with Gasteiger partial charge in [0, 0.05) is 36.9 Å². The summed E-state index contributed by atoms with van der Waals surface area (Å²) in [6.07, 6.45) is 1.25. The monoisotopic (exact) mass is 276 g/mol. The molecule has 1 aliphatic rings. The quantitative estimate of drug-likeness (QED) is 0.724. The van der Waals surface area contributed by atoms with E-state index >= 15 is 0 Å². The van der Waals surface area contributed by atoms with Crippen LogP contribution in [-0.2, 0) is 6.54 Å². The molecule has 1 aromatic rings. The highest BCUT2D eigenvalue weighted by atomic mass is 15.2. The van der Waals surface area contributed by atoms with Crippen molar-refractivity contribution in [2.45, 2.75) is 39.8 Å². The van der Waals surface area contributed by atoms with Crippen molar-refractivity contribution < 1.29 is 0 Å². The number of nitrogen functional groups attached to an aromatic ring is 1. The van der Waals surface area contributed by atoms with E-state index in [0.717, 1.165) is 31.2 Å². The third-order valence-corrected chi connectivity index (χ3v) is 3.85. The first-order valence-electron chi connectivity index (χ1n) is 7.60.